The summed E-state index contributed by atoms with van der Waals surface area (Å²) in [6.07, 6.45) is 8.38. The lowest BCUT2D eigenvalue weighted by Gasteiger charge is -2.48. The van der Waals surface area contributed by atoms with Crippen molar-refractivity contribution in [1.82, 2.24) is 5.43 Å². The molecule has 0 aromatic heterocycles. The van der Waals surface area contributed by atoms with Crippen LogP contribution < -0.4 is 11.3 Å². The molecule has 21 heavy (non-hydrogen) atoms. The Labute approximate surface area is 128 Å². The van der Waals surface area contributed by atoms with Crippen molar-refractivity contribution in [2.75, 3.05) is 6.61 Å². The molecule has 1 saturated heterocycles. The van der Waals surface area contributed by atoms with Gasteiger partial charge in [0.15, 0.2) is 0 Å². The first-order chi connectivity index (χ1) is 10.2. The molecule has 1 heterocycles. The summed E-state index contributed by atoms with van der Waals surface area (Å²) in [6.45, 7) is 3.10. The molecule has 1 saturated carbocycles. The zero-order chi connectivity index (χ0) is 14.7. The van der Waals surface area contributed by atoms with Crippen molar-refractivity contribution in [3.8, 4) is 0 Å². The average molecular weight is 288 g/mol. The number of hydrogen-bond acceptors (Lipinski definition) is 3. The molecule has 1 aliphatic carbocycles. The summed E-state index contributed by atoms with van der Waals surface area (Å²) in [7, 11) is 0. The van der Waals surface area contributed by atoms with Gasteiger partial charge in [0.25, 0.3) is 0 Å². The normalized spacial score (nSPS) is 25.5. The highest BCUT2D eigenvalue weighted by Crippen LogP contribution is 2.45. The average Bonchev–Trinajstić information content (AvgIpc) is 2.48. The van der Waals surface area contributed by atoms with E-state index in [0.29, 0.717) is 12.0 Å². The van der Waals surface area contributed by atoms with Crippen LogP contribution in [0.15, 0.2) is 24.3 Å². The number of hydrazine groups is 1. The van der Waals surface area contributed by atoms with Gasteiger partial charge in [-0.05, 0) is 68.9 Å². The molecule has 1 aromatic rings. The Morgan fingerprint density at radius 1 is 1.38 bits per heavy atom. The molecular formula is C18H28N2O. The zero-order valence-corrected chi connectivity index (χ0v) is 13.1. The van der Waals surface area contributed by atoms with Gasteiger partial charge in [0.1, 0.15) is 0 Å². The Morgan fingerprint density at radius 3 is 2.86 bits per heavy atom. The minimum atomic E-state index is 0.209. The summed E-state index contributed by atoms with van der Waals surface area (Å²) in [5.74, 6) is 6.52. The molecule has 1 spiro atoms. The molecule has 2 aliphatic rings. The minimum Gasteiger partial charge on any atom is -0.375 e. The van der Waals surface area contributed by atoms with Crippen molar-refractivity contribution in [3.05, 3.63) is 35.4 Å². The summed E-state index contributed by atoms with van der Waals surface area (Å²) in [5.41, 5.74) is 6.13. The standard InChI is InChI=1S/C18H28N2O/c1-14-5-2-3-6-15(14)7-8-17(20-19)16-9-12-21-18(13-16)10-4-11-18/h2-3,5-6,16-17,20H,4,7-13,19H2,1H3. The van der Waals surface area contributed by atoms with Crippen LogP contribution in [0, 0.1) is 12.8 Å². The van der Waals surface area contributed by atoms with E-state index in [1.54, 1.807) is 0 Å². The van der Waals surface area contributed by atoms with E-state index in [9.17, 15) is 0 Å². The summed E-state index contributed by atoms with van der Waals surface area (Å²) in [6, 6.07) is 9.07. The Kier molecular flexibility index (Phi) is 4.63. The third-order valence-corrected chi connectivity index (χ3v) is 5.56. The molecule has 0 radical (unpaired) electrons. The number of nitrogens with one attached hydrogen (secondary N) is 1. The number of aryl methyl sites for hydroxylation is 2. The van der Waals surface area contributed by atoms with E-state index >= 15 is 0 Å². The van der Waals surface area contributed by atoms with Crippen molar-refractivity contribution in [1.29, 1.82) is 0 Å². The van der Waals surface area contributed by atoms with Crippen LogP contribution in [0.1, 0.15) is 49.7 Å². The monoisotopic (exact) mass is 288 g/mol. The Bertz CT molecular complexity index is 470. The molecule has 3 nitrogen and oxygen atoms in total. The zero-order valence-electron chi connectivity index (χ0n) is 13.1. The van der Waals surface area contributed by atoms with Gasteiger partial charge >= 0.3 is 0 Å². The third-order valence-electron chi connectivity index (χ3n) is 5.56. The molecular weight excluding hydrogens is 260 g/mol. The predicted octanol–water partition coefficient (Wildman–Crippen LogP) is 3.11. The number of ether oxygens (including phenoxy) is 1. The van der Waals surface area contributed by atoms with Gasteiger partial charge in [-0.15, -0.1) is 0 Å². The van der Waals surface area contributed by atoms with Crippen LogP contribution in [-0.4, -0.2) is 18.2 Å². The first kappa shape index (κ1) is 15.0. The largest absolute Gasteiger partial charge is 0.375 e. The fourth-order valence-electron chi connectivity index (χ4n) is 3.99. The van der Waals surface area contributed by atoms with Crippen molar-refractivity contribution in [2.45, 2.75) is 63.5 Å². The van der Waals surface area contributed by atoms with Crippen molar-refractivity contribution in [3.63, 3.8) is 0 Å². The van der Waals surface area contributed by atoms with Gasteiger partial charge in [-0.2, -0.15) is 0 Å². The highest BCUT2D eigenvalue weighted by molar-refractivity contribution is 5.25. The number of rotatable bonds is 5. The molecule has 2 unspecified atom stereocenters. The van der Waals surface area contributed by atoms with Crippen LogP contribution in [0.3, 0.4) is 0 Å². The molecule has 1 aliphatic heterocycles. The fraction of sp³-hybridized carbons (Fsp3) is 0.667. The van der Waals surface area contributed by atoms with E-state index in [1.807, 2.05) is 0 Å². The lowest BCUT2D eigenvalue weighted by molar-refractivity contribution is -0.147. The Hall–Kier alpha value is -0.900. The van der Waals surface area contributed by atoms with E-state index in [4.69, 9.17) is 10.6 Å². The van der Waals surface area contributed by atoms with Crippen LogP contribution in [0.25, 0.3) is 0 Å². The van der Waals surface area contributed by atoms with E-state index in [0.717, 1.165) is 25.9 Å². The topological polar surface area (TPSA) is 47.3 Å². The van der Waals surface area contributed by atoms with Gasteiger partial charge in [0.05, 0.1) is 5.60 Å². The highest BCUT2D eigenvalue weighted by atomic mass is 16.5. The quantitative estimate of drug-likeness (QED) is 0.646. The number of benzene rings is 1. The summed E-state index contributed by atoms with van der Waals surface area (Å²) in [4.78, 5) is 0. The molecule has 1 aromatic carbocycles. The maximum Gasteiger partial charge on any atom is 0.0685 e. The summed E-state index contributed by atoms with van der Waals surface area (Å²) in [5, 5.41) is 0. The molecule has 2 atom stereocenters. The van der Waals surface area contributed by atoms with Crippen LogP contribution in [0.2, 0.25) is 0 Å². The molecule has 3 heteroatoms. The van der Waals surface area contributed by atoms with Crippen molar-refractivity contribution >= 4 is 0 Å². The SMILES string of the molecule is Cc1ccccc1CCC(NN)C1CCOC2(CCC2)C1. The van der Waals surface area contributed by atoms with Crippen LogP contribution in [0.4, 0.5) is 0 Å². The maximum atomic E-state index is 6.04. The first-order valence-electron chi connectivity index (χ1n) is 8.37. The van der Waals surface area contributed by atoms with E-state index in [1.165, 1.54) is 36.8 Å². The fourth-order valence-corrected chi connectivity index (χ4v) is 3.99. The summed E-state index contributed by atoms with van der Waals surface area (Å²) >= 11 is 0. The third kappa shape index (κ3) is 3.31. The Balaban J connectivity index is 1.58. The van der Waals surface area contributed by atoms with Gasteiger partial charge in [-0.1, -0.05) is 24.3 Å². The van der Waals surface area contributed by atoms with Crippen LogP contribution >= 0.6 is 0 Å². The highest BCUT2D eigenvalue weighted by Gasteiger charge is 2.44. The van der Waals surface area contributed by atoms with Crippen LogP contribution in [0.5, 0.6) is 0 Å². The smallest absolute Gasteiger partial charge is 0.0685 e. The lowest BCUT2D eigenvalue weighted by Crippen LogP contribution is -2.51. The van der Waals surface area contributed by atoms with Crippen molar-refractivity contribution in [2.24, 2.45) is 11.8 Å². The van der Waals surface area contributed by atoms with Gasteiger partial charge in [0.2, 0.25) is 0 Å². The minimum absolute atomic E-state index is 0.209. The first-order valence-corrected chi connectivity index (χ1v) is 8.37. The molecule has 2 fully saturated rings. The molecule has 116 valence electrons. The summed E-state index contributed by atoms with van der Waals surface area (Å²) < 4.78 is 6.04. The molecule has 3 N–H and O–H groups in total. The van der Waals surface area contributed by atoms with E-state index in [-0.39, 0.29) is 5.60 Å². The number of nitrogens with two attached hydrogens (primary N) is 1. The van der Waals surface area contributed by atoms with Gasteiger partial charge in [0, 0.05) is 12.6 Å². The van der Waals surface area contributed by atoms with Crippen LogP contribution in [-0.2, 0) is 11.2 Å². The second kappa shape index (κ2) is 6.47. The van der Waals surface area contributed by atoms with Gasteiger partial charge in [-0.3, -0.25) is 11.3 Å². The number of hydrogen-bond donors (Lipinski definition) is 2. The lowest BCUT2D eigenvalue weighted by atomic mass is 9.70. The molecule has 0 amide bonds. The predicted molar refractivity (Wildman–Crippen MR) is 85.9 cm³/mol. The van der Waals surface area contributed by atoms with Crippen molar-refractivity contribution < 1.29 is 4.74 Å². The molecule has 0 bridgehead atoms. The van der Waals surface area contributed by atoms with Gasteiger partial charge in [-0.25, -0.2) is 0 Å². The second-order valence-electron chi connectivity index (χ2n) is 6.88. The maximum absolute atomic E-state index is 6.04. The molecule has 3 rings (SSSR count). The second-order valence-corrected chi connectivity index (χ2v) is 6.88. The van der Waals surface area contributed by atoms with Gasteiger partial charge < -0.3 is 4.74 Å². The Morgan fingerprint density at radius 2 is 2.19 bits per heavy atom. The van der Waals surface area contributed by atoms with E-state index < -0.39 is 0 Å². The van der Waals surface area contributed by atoms with E-state index in [2.05, 4.69) is 36.6 Å².